The Balaban J connectivity index is 1.45. The Morgan fingerprint density at radius 2 is 1.78 bits per heavy atom. The van der Waals surface area contributed by atoms with E-state index in [1.807, 2.05) is 0 Å². The van der Waals surface area contributed by atoms with Crippen LogP contribution in [0.4, 0.5) is 10.5 Å². The average Bonchev–Trinajstić information content (AvgIpc) is 3.14. The highest BCUT2D eigenvalue weighted by Gasteiger charge is 2.18. The largest absolute Gasteiger partial charge is 0.497 e. The molecule has 3 rings (SSSR count). The van der Waals surface area contributed by atoms with Crippen LogP contribution in [0.1, 0.15) is 10.4 Å². The molecule has 0 spiro atoms. The lowest BCUT2D eigenvalue weighted by atomic mass is 10.2. The number of methoxy groups -OCH3 is 1. The molecule has 2 aromatic rings. The Morgan fingerprint density at radius 1 is 1.04 bits per heavy atom. The Hall–Kier alpha value is -3.75. The van der Waals surface area contributed by atoms with E-state index in [-0.39, 0.29) is 12.4 Å². The summed E-state index contributed by atoms with van der Waals surface area (Å²) in [5.41, 5.74) is 0.674. The van der Waals surface area contributed by atoms with Gasteiger partial charge in [-0.25, -0.2) is 9.59 Å². The molecule has 0 fully saturated rings. The summed E-state index contributed by atoms with van der Waals surface area (Å²) < 4.78 is 20.2. The van der Waals surface area contributed by atoms with Gasteiger partial charge in [-0.1, -0.05) is 0 Å². The number of anilines is 1. The smallest absolute Gasteiger partial charge is 0.338 e. The zero-order valence-electron chi connectivity index (χ0n) is 14.3. The number of nitrogens with one attached hydrogen (secondary N) is 2. The van der Waals surface area contributed by atoms with Crippen LogP contribution < -0.4 is 24.8 Å². The molecule has 0 aliphatic carbocycles. The molecule has 0 atom stereocenters. The van der Waals surface area contributed by atoms with Crippen LogP contribution >= 0.6 is 0 Å². The van der Waals surface area contributed by atoms with Gasteiger partial charge in [-0.05, 0) is 42.5 Å². The zero-order valence-corrected chi connectivity index (χ0v) is 14.3. The first kappa shape index (κ1) is 18.1. The number of benzene rings is 2. The quantitative estimate of drug-likeness (QED) is 0.771. The molecule has 27 heavy (non-hydrogen) atoms. The fourth-order valence-electron chi connectivity index (χ4n) is 2.24. The molecule has 0 saturated heterocycles. The van der Waals surface area contributed by atoms with Crippen LogP contribution in [0.3, 0.4) is 0 Å². The second-order valence-electron chi connectivity index (χ2n) is 5.37. The maximum absolute atomic E-state index is 12.0. The predicted molar refractivity (Wildman–Crippen MR) is 93.0 cm³/mol. The predicted octanol–water partition coefficient (Wildman–Crippen LogP) is 1.93. The van der Waals surface area contributed by atoms with Gasteiger partial charge < -0.3 is 24.3 Å². The number of rotatable bonds is 5. The molecule has 0 aromatic heterocycles. The standard InChI is InChI=1S/C18H16N2O7/c1-24-13-5-3-12(4-6-13)19-18(23)20-16(21)9-25-17(22)11-2-7-14-15(8-11)27-10-26-14/h2-8H,9-10H2,1H3,(H2,19,20,21,23). The molecule has 9 heteroatoms. The van der Waals surface area contributed by atoms with E-state index >= 15 is 0 Å². The number of hydrogen-bond donors (Lipinski definition) is 2. The van der Waals surface area contributed by atoms with Crippen LogP contribution in [0, 0.1) is 0 Å². The fraction of sp³-hybridized carbons (Fsp3) is 0.167. The molecule has 1 aliphatic heterocycles. The molecule has 1 heterocycles. The third kappa shape index (κ3) is 4.66. The van der Waals surface area contributed by atoms with Crippen LogP contribution in [0.15, 0.2) is 42.5 Å². The van der Waals surface area contributed by atoms with Gasteiger partial charge in [-0.15, -0.1) is 0 Å². The molecule has 0 radical (unpaired) electrons. The second kappa shape index (κ2) is 8.09. The van der Waals surface area contributed by atoms with Gasteiger partial charge in [0.15, 0.2) is 18.1 Å². The van der Waals surface area contributed by atoms with Crippen molar-refractivity contribution in [2.45, 2.75) is 0 Å². The van der Waals surface area contributed by atoms with Gasteiger partial charge in [0.1, 0.15) is 5.75 Å². The van der Waals surface area contributed by atoms with Crippen molar-refractivity contribution in [3.05, 3.63) is 48.0 Å². The Kier molecular flexibility index (Phi) is 5.41. The van der Waals surface area contributed by atoms with Crippen LogP contribution in [-0.2, 0) is 9.53 Å². The first-order valence-corrected chi connectivity index (χ1v) is 7.87. The lowest BCUT2D eigenvalue weighted by molar-refractivity contribution is -0.123. The summed E-state index contributed by atoms with van der Waals surface area (Å²) in [6, 6.07) is 10.3. The van der Waals surface area contributed by atoms with E-state index in [0.29, 0.717) is 22.9 Å². The number of imide groups is 1. The van der Waals surface area contributed by atoms with Crippen molar-refractivity contribution >= 4 is 23.6 Å². The van der Waals surface area contributed by atoms with E-state index < -0.39 is 24.5 Å². The summed E-state index contributed by atoms with van der Waals surface area (Å²) in [6.45, 7) is -0.525. The zero-order chi connectivity index (χ0) is 19.2. The minimum absolute atomic E-state index is 0.0829. The summed E-state index contributed by atoms with van der Waals surface area (Å²) in [5, 5.41) is 4.54. The second-order valence-corrected chi connectivity index (χ2v) is 5.37. The first-order chi connectivity index (χ1) is 13.0. The number of amides is 3. The molecule has 0 unspecified atom stereocenters. The highest BCUT2D eigenvalue weighted by atomic mass is 16.7. The number of ether oxygens (including phenoxy) is 4. The number of fused-ring (bicyclic) bond motifs is 1. The van der Waals surface area contributed by atoms with Crippen molar-refractivity contribution in [1.82, 2.24) is 5.32 Å². The Labute approximate surface area is 154 Å². The molecule has 2 N–H and O–H groups in total. The normalized spacial score (nSPS) is 11.4. The lowest BCUT2D eigenvalue weighted by Crippen LogP contribution is -2.37. The van der Waals surface area contributed by atoms with Crippen molar-refractivity contribution in [1.29, 1.82) is 0 Å². The number of urea groups is 1. The summed E-state index contributed by atoms with van der Waals surface area (Å²) in [5.74, 6) is 0.0915. The molecule has 0 bridgehead atoms. The van der Waals surface area contributed by atoms with Crippen molar-refractivity contribution in [3.8, 4) is 17.2 Å². The van der Waals surface area contributed by atoms with E-state index in [1.54, 1.807) is 30.3 Å². The average molecular weight is 372 g/mol. The van der Waals surface area contributed by atoms with Crippen LogP contribution in [0.2, 0.25) is 0 Å². The van der Waals surface area contributed by atoms with Crippen LogP contribution in [0.5, 0.6) is 17.2 Å². The molecule has 0 saturated carbocycles. The minimum atomic E-state index is -0.768. The van der Waals surface area contributed by atoms with Gasteiger partial charge in [0.2, 0.25) is 6.79 Å². The third-order valence-corrected chi connectivity index (χ3v) is 3.54. The van der Waals surface area contributed by atoms with Crippen LogP contribution in [0.25, 0.3) is 0 Å². The van der Waals surface area contributed by atoms with Crippen molar-refractivity contribution in [2.24, 2.45) is 0 Å². The highest BCUT2D eigenvalue weighted by molar-refractivity contribution is 6.02. The van der Waals surface area contributed by atoms with Gasteiger partial charge in [0.25, 0.3) is 5.91 Å². The molecule has 1 aliphatic rings. The van der Waals surface area contributed by atoms with Gasteiger partial charge in [-0.2, -0.15) is 0 Å². The lowest BCUT2D eigenvalue weighted by Gasteiger charge is -2.08. The summed E-state index contributed by atoms with van der Waals surface area (Å²) in [6.07, 6.45) is 0. The van der Waals surface area contributed by atoms with Crippen molar-refractivity contribution in [3.63, 3.8) is 0 Å². The van der Waals surface area contributed by atoms with E-state index in [4.69, 9.17) is 18.9 Å². The van der Waals surface area contributed by atoms with E-state index in [2.05, 4.69) is 10.6 Å². The molecule has 140 valence electrons. The minimum Gasteiger partial charge on any atom is -0.497 e. The number of carbonyl (C=O) groups is 3. The first-order valence-electron chi connectivity index (χ1n) is 7.87. The Bertz CT molecular complexity index is 865. The van der Waals surface area contributed by atoms with Gasteiger partial charge in [0, 0.05) is 5.69 Å². The third-order valence-electron chi connectivity index (χ3n) is 3.54. The van der Waals surface area contributed by atoms with E-state index in [1.165, 1.54) is 19.2 Å². The Morgan fingerprint density at radius 3 is 2.52 bits per heavy atom. The topological polar surface area (TPSA) is 112 Å². The summed E-state index contributed by atoms with van der Waals surface area (Å²) in [7, 11) is 1.53. The molecular weight excluding hydrogens is 356 g/mol. The van der Waals surface area contributed by atoms with Gasteiger partial charge in [0.05, 0.1) is 12.7 Å². The van der Waals surface area contributed by atoms with Crippen molar-refractivity contribution in [2.75, 3.05) is 25.8 Å². The SMILES string of the molecule is COc1ccc(NC(=O)NC(=O)COC(=O)c2ccc3c(c2)OCO3)cc1. The monoisotopic (exact) mass is 372 g/mol. The highest BCUT2D eigenvalue weighted by Crippen LogP contribution is 2.32. The van der Waals surface area contributed by atoms with E-state index in [0.717, 1.165) is 0 Å². The van der Waals surface area contributed by atoms with Gasteiger partial charge >= 0.3 is 12.0 Å². The maximum atomic E-state index is 12.0. The molecule has 3 amide bonds. The summed E-state index contributed by atoms with van der Waals surface area (Å²) >= 11 is 0. The maximum Gasteiger partial charge on any atom is 0.338 e. The molecule has 2 aromatic carbocycles. The molecular formula is C18H16N2O7. The van der Waals surface area contributed by atoms with Crippen molar-refractivity contribution < 1.29 is 33.3 Å². The fourth-order valence-corrected chi connectivity index (χ4v) is 2.24. The number of esters is 1. The van der Waals surface area contributed by atoms with Crippen LogP contribution in [-0.4, -0.2) is 38.4 Å². The molecule has 9 nitrogen and oxygen atoms in total. The number of hydrogen-bond acceptors (Lipinski definition) is 7. The van der Waals surface area contributed by atoms with E-state index in [9.17, 15) is 14.4 Å². The summed E-state index contributed by atoms with van der Waals surface area (Å²) in [4.78, 5) is 35.5. The van der Waals surface area contributed by atoms with Gasteiger partial charge in [-0.3, -0.25) is 10.1 Å². The number of carbonyl (C=O) groups excluding carboxylic acids is 3.